The Morgan fingerprint density at radius 1 is 0.969 bits per heavy atom. The highest BCUT2D eigenvalue weighted by Gasteiger charge is 2.36. The molecule has 0 aliphatic carbocycles. The average molecular weight is 457 g/mol. The molecule has 2 aromatic heterocycles. The molecule has 0 saturated heterocycles. The lowest BCUT2D eigenvalue weighted by atomic mass is 9.91. The van der Waals surface area contributed by atoms with E-state index in [4.69, 9.17) is 11.6 Å². The van der Waals surface area contributed by atoms with Gasteiger partial charge in [-0.05, 0) is 56.5 Å². The van der Waals surface area contributed by atoms with Gasteiger partial charge in [0.25, 0.3) is 0 Å². The lowest BCUT2D eigenvalue weighted by Crippen LogP contribution is -2.38. The number of hydrogen-bond donors (Lipinski definition) is 1. The Balaban J connectivity index is 1.77. The van der Waals surface area contributed by atoms with Crippen LogP contribution in [0.2, 0.25) is 5.02 Å². The van der Waals surface area contributed by atoms with Gasteiger partial charge in [0.2, 0.25) is 5.95 Å². The first-order valence-corrected chi connectivity index (χ1v) is 10.7. The summed E-state index contributed by atoms with van der Waals surface area (Å²) in [4.78, 5) is 13.8. The molecule has 0 amide bonds. The van der Waals surface area contributed by atoms with Crippen molar-refractivity contribution < 1.29 is 13.2 Å². The summed E-state index contributed by atoms with van der Waals surface area (Å²) in [6, 6.07) is 7.94. The van der Waals surface area contributed by atoms with E-state index in [2.05, 4.69) is 15.0 Å². The second-order valence-electron chi connectivity index (χ2n) is 8.16. The summed E-state index contributed by atoms with van der Waals surface area (Å²) in [5.74, 6) is -2.01. The highest BCUT2D eigenvalue weighted by atomic mass is 35.5. The van der Waals surface area contributed by atoms with E-state index in [1.807, 2.05) is 12.1 Å². The van der Waals surface area contributed by atoms with Crippen LogP contribution in [0.15, 0.2) is 30.3 Å². The Kier molecular flexibility index (Phi) is 4.89. The lowest BCUT2D eigenvalue weighted by molar-refractivity contribution is 0.480. The van der Waals surface area contributed by atoms with Crippen molar-refractivity contribution >= 4 is 28.5 Å². The van der Waals surface area contributed by atoms with Gasteiger partial charge >= 0.3 is 0 Å². The molecular weight excluding hydrogens is 437 g/mol. The summed E-state index contributed by atoms with van der Waals surface area (Å²) < 4.78 is 44.0. The van der Waals surface area contributed by atoms with Crippen molar-refractivity contribution in [3.05, 3.63) is 86.6 Å². The number of aryl methyl sites for hydroxylation is 3. The van der Waals surface area contributed by atoms with Crippen LogP contribution in [0.1, 0.15) is 39.8 Å². The number of hydrogen-bond acceptors (Lipinski definition) is 3. The van der Waals surface area contributed by atoms with Crippen molar-refractivity contribution in [2.45, 2.75) is 33.2 Å². The number of aromatic amines is 1. The number of halogens is 4. The molecule has 3 heterocycles. The van der Waals surface area contributed by atoms with E-state index in [-0.39, 0.29) is 28.5 Å². The van der Waals surface area contributed by atoms with E-state index in [0.717, 1.165) is 22.2 Å². The van der Waals surface area contributed by atoms with Crippen LogP contribution in [-0.2, 0) is 6.42 Å². The van der Waals surface area contributed by atoms with Gasteiger partial charge in [-0.15, -0.1) is 0 Å². The molecule has 4 aromatic rings. The second kappa shape index (κ2) is 7.52. The summed E-state index contributed by atoms with van der Waals surface area (Å²) in [6.07, 6.45) is 0.612. The molecule has 0 spiro atoms. The van der Waals surface area contributed by atoms with Crippen LogP contribution in [0.4, 0.5) is 19.1 Å². The highest BCUT2D eigenvalue weighted by Crippen LogP contribution is 2.41. The van der Waals surface area contributed by atoms with Crippen molar-refractivity contribution in [2.75, 3.05) is 11.4 Å². The fraction of sp³-hybridized carbons (Fsp3) is 0.250. The predicted molar refractivity (Wildman–Crippen MR) is 119 cm³/mol. The third-order valence-electron chi connectivity index (χ3n) is 6.12. The van der Waals surface area contributed by atoms with Gasteiger partial charge in [-0.3, -0.25) is 0 Å². The number of nitrogens with zero attached hydrogens (tertiary/aromatic N) is 3. The van der Waals surface area contributed by atoms with E-state index in [0.29, 0.717) is 18.0 Å². The second-order valence-corrected chi connectivity index (χ2v) is 8.60. The van der Waals surface area contributed by atoms with E-state index in [1.54, 1.807) is 36.9 Å². The molecule has 4 nitrogen and oxygen atoms in total. The molecule has 5 rings (SSSR count). The number of nitrogens with one attached hydrogen (secondary N) is 1. The van der Waals surface area contributed by atoms with E-state index in [1.165, 1.54) is 6.92 Å². The molecule has 32 heavy (non-hydrogen) atoms. The topological polar surface area (TPSA) is 44.8 Å². The van der Waals surface area contributed by atoms with Gasteiger partial charge in [0, 0.05) is 33.7 Å². The number of H-pyrrole nitrogens is 1. The summed E-state index contributed by atoms with van der Waals surface area (Å²) in [6.45, 7) is 5.09. The van der Waals surface area contributed by atoms with Gasteiger partial charge < -0.3 is 9.88 Å². The van der Waals surface area contributed by atoms with Crippen molar-refractivity contribution in [3.8, 4) is 0 Å². The van der Waals surface area contributed by atoms with Gasteiger partial charge in [-0.2, -0.15) is 0 Å². The number of aromatic nitrogens is 3. The van der Waals surface area contributed by atoms with Crippen molar-refractivity contribution in [3.63, 3.8) is 0 Å². The molecule has 0 bridgehead atoms. The fourth-order valence-corrected chi connectivity index (χ4v) is 4.66. The van der Waals surface area contributed by atoms with Gasteiger partial charge in [0.15, 0.2) is 17.5 Å². The fourth-order valence-electron chi connectivity index (χ4n) is 4.49. The lowest BCUT2D eigenvalue weighted by Gasteiger charge is -2.36. The van der Waals surface area contributed by atoms with Crippen LogP contribution < -0.4 is 4.90 Å². The average Bonchev–Trinajstić information content (AvgIpc) is 3.13. The number of anilines is 1. The highest BCUT2D eigenvalue weighted by molar-refractivity contribution is 6.31. The van der Waals surface area contributed by atoms with Crippen LogP contribution in [0.5, 0.6) is 0 Å². The normalized spacial score (nSPS) is 16.0. The monoisotopic (exact) mass is 456 g/mol. The zero-order valence-corrected chi connectivity index (χ0v) is 18.5. The van der Waals surface area contributed by atoms with Crippen molar-refractivity contribution in [1.82, 2.24) is 15.0 Å². The molecule has 1 N–H and O–H groups in total. The largest absolute Gasteiger partial charge is 0.356 e. The van der Waals surface area contributed by atoms with Crippen LogP contribution in [-0.4, -0.2) is 21.5 Å². The van der Waals surface area contributed by atoms with Gasteiger partial charge in [-0.25, -0.2) is 23.1 Å². The third-order valence-corrected chi connectivity index (χ3v) is 6.35. The molecule has 164 valence electrons. The minimum absolute atomic E-state index is 0.162. The van der Waals surface area contributed by atoms with Gasteiger partial charge in [0.05, 0.1) is 11.4 Å². The molecule has 0 saturated carbocycles. The van der Waals surface area contributed by atoms with E-state index in [9.17, 15) is 8.78 Å². The number of rotatable bonds is 2. The molecule has 0 radical (unpaired) electrons. The molecule has 0 fully saturated rings. The third kappa shape index (κ3) is 3.14. The molecule has 8 heteroatoms. The minimum Gasteiger partial charge on any atom is -0.356 e. The Labute approximate surface area is 188 Å². The molecular formula is C24H20ClF3N4. The molecule has 1 atom stereocenters. The quantitative estimate of drug-likeness (QED) is 0.396. The zero-order valence-electron chi connectivity index (χ0n) is 17.7. The molecule has 1 aliphatic heterocycles. The predicted octanol–water partition coefficient (Wildman–Crippen LogP) is 6.11. The maximum Gasteiger partial charge on any atom is 0.226 e. The first-order chi connectivity index (χ1) is 15.3. The molecule has 2 aromatic carbocycles. The SMILES string of the molecule is Cc1ccc([C@H]2c3[nH]c4ccc(Cl)cc4c3CCN2c2nc(C)c(F)c(C)n2)c(F)c1F. The van der Waals surface area contributed by atoms with Crippen molar-refractivity contribution in [1.29, 1.82) is 0 Å². The Bertz CT molecular complexity index is 1360. The molecule has 1 aliphatic rings. The van der Waals surface area contributed by atoms with E-state index >= 15 is 4.39 Å². The maximum absolute atomic E-state index is 15.2. The Morgan fingerprint density at radius 3 is 2.41 bits per heavy atom. The number of benzene rings is 2. The van der Waals surface area contributed by atoms with Crippen molar-refractivity contribution in [2.24, 2.45) is 0 Å². The van der Waals surface area contributed by atoms with Gasteiger partial charge in [-0.1, -0.05) is 23.7 Å². The summed E-state index contributed by atoms with van der Waals surface area (Å²) in [5.41, 5.74) is 3.36. The van der Waals surface area contributed by atoms with Gasteiger partial charge in [0.1, 0.15) is 6.04 Å². The van der Waals surface area contributed by atoms with E-state index < -0.39 is 23.5 Å². The summed E-state index contributed by atoms with van der Waals surface area (Å²) in [5, 5.41) is 1.54. The maximum atomic E-state index is 15.2. The first-order valence-electron chi connectivity index (χ1n) is 10.3. The standard InChI is InChI=1S/C24H20ClF3N4/c1-11-4-6-16(21(28)19(11)26)23-22-15(17-10-14(25)5-7-18(17)31-22)8-9-32(23)24-29-12(2)20(27)13(3)30-24/h4-7,10,23,31H,8-9H2,1-3H3/t23-/m0/s1. The smallest absolute Gasteiger partial charge is 0.226 e. The summed E-state index contributed by atoms with van der Waals surface area (Å²) >= 11 is 6.22. The van der Waals surface area contributed by atoms with Crippen LogP contribution >= 0.6 is 11.6 Å². The van der Waals surface area contributed by atoms with Crippen LogP contribution in [0, 0.1) is 38.2 Å². The first kappa shape index (κ1) is 20.8. The van der Waals surface area contributed by atoms with Crippen LogP contribution in [0.3, 0.4) is 0 Å². The number of fused-ring (bicyclic) bond motifs is 3. The molecule has 0 unspecified atom stereocenters. The minimum atomic E-state index is -0.917. The summed E-state index contributed by atoms with van der Waals surface area (Å²) in [7, 11) is 0. The Hall–Kier alpha value is -3.06. The zero-order chi connectivity index (χ0) is 22.7. The Morgan fingerprint density at radius 2 is 1.69 bits per heavy atom. The van der Waals surface area contributed by atoms with Crippen LogP contribution in [0.25, 0.3) is 10.9 Å².